The van der Waals surface area contributed by atoms with Gasteiger partial charge in [0, 0.05) is 12.3 Å². The lowest BCUT2D eigenvalue weighted by Gasteiger charge is -2.06. The van der Waals surface area contributed by atoms with E-state index in [4.69, 9.17) is 11.6 Å². The summed E-state index contributed by atoms with van der Waals surface area (Å²) in [6.45, 7) is 2.80. The highest BCUT2D eigenvalue weighted by atomic mass is 35.5. The van der Waals surface area contributed by atoms with E-state index >= 15 is 0 Å². The van der Waals surface area contributed by atoms with Crippen molar-refractivity contribution in [2.45, 2.75) is 19.9 Å². The molecule has 0 aliphatic rings. The minimum atomic E-state index is -2.89. The maximum atomic E-state index is 12.9. The molecule has 102 valence electrons. The molecular formula is C12H17ClFNO2S. The fourth-order valence-electron chi connectivity index (χ4n) is 1.44. The Balaban J connectivity index is 2.28. The van der Waals surface area contributed by atoms with Crippen molar-refractivity contribution >= 4 is 21.4 Å². The van der Waals surface area contributed by atoms with Gasteiger partial charge in [0.2, 0.25) is 0 Å². The van der Waals surface area contributed by atoms with Gasteiger partial charge in [-0.3, -0.25) is 0 Å². The van der Waals surface area contributed by atoms with Crippen molar-refractivity contribution in [1.82, 2.24) is 5.32 Å². The van der Waals surface area contributed by atoms with Crippen LogP contribution in [0.3, 0.4) is 0 Å². The zero-order chi connectivity index (χ0) is 13.6. The molecule has 1 aromatic carbocycles. The first-order valence-corrected chi connectivity index (χ1v) is 7.99. The molecule has 0 radical (unpaired) electrons. The number of rotatable bonds is 7. The van der Waals surface area contributed by atoms with Crippen molar-refractivity contribution in [3.05, 3.63) is 34.6 Å². The Morgan fingerprint density at radius 1 is 1.39 bits per heavy atom. The topological polar surface area (TPSA) is 46.2 Å². The van der Waals surface area contributed by atoms with Crippen molar-refractivity contribution in [3.63, 3.8) is 0 Å². The van der Waals surface area contributed by atoms with Gasteiger partial charge in [-0.1, -0.05) is 24.6 Å². The Bertz CT molecular complexity index is 491. The molecular weight excluding hydrogens is 277 g/mol. The van der Waals surface area contributed by atoms with Gasteiger partial charge in [0.25, 0.3) is 0 Å². The molecule has 0 aliphatic carbocycles. The highest BCUT2D eigenvalue weighted by Crippen LogP contribution is 2.15. The van der Waals surface area contributed by atoms with Gasteiger partial charge in [-0.15, -0.1) is 0 Å². The molecule has 0 aromatic heterocycles. The normalized spacial score (nSPS) is 11.7. The second kappa shape index (κ2) is 7.07. The van der Waals surface area contributed by atoms with E-state index in [0.717, 1.165) is 5.56 Å². The molecule has 3 nitrogen and oxygen atoms in total. The van der Waals surface area contributed by atoms with Gasteiger partial charge in [0.1, 0.15) is 15.7 Å². The largest absolute Gasteiger partial charge is 0.313 e. The first-order valence-electron chi connectivity index (χ1n) is 5.79. The Morgan fingerprint density at radius 2 is 2.11 bits per heavy atom. The number of sulfone groups is 1. The third-order valence-electron chi connectivity index (χ3n) is 2.56. The van der Waals surface area contributed by atoms with Gasteiger partial charge in [-0.05, 0) is 30.7 Å². The van der Waals surface area contributed by atoms with Crippen LogP contribution >= 0.6 is 11.6 Å². The third kappa shape index (κ3) is 5.33. The fourth-order valence-corrected chi connectivity index (χ4v) is 2.52. The second-order valence-electron chi connectivity index (χ2n) is 4.02. The molecule has 0 unspecified atom stereocenters. The van der Waals surface area contributed by atoms with Gasteiger partial charge < -0.3 is 5.32 Å². The quantitative estimate of drug-likeness (QED) is 0.785. The molecule has 0 saturated carbocycles. The Labute approximate surface area is 112 Å². The number of benzene rings is 1. The molecule has 18 heavy (non-hydrogen) atoms. The maximum absolute atomic E-state index is 12.9. The van der Waals surface area contributed by atoms with Crippen molar-refractivity contribution in [2.24, 2.45) is 0 Å². The summed E-state index contributed by atoms with van der Waals surface area (Å²) < 4.78 is 35.3. The predicted molar refractivity (Wildman–Crippen MR) is 72.1 cm³/mol. The molecule has 0 fully saturated rings. The van der Waals surface area contributed by atoms with Crippen molar-refractivity contribution in [1.29, 1.82) is 0 Å². The van der Waals surface area contributed by atoms with Crippen LogP contribution in [-0.2, 0) is 16.4 Å². The minimum Gasteiger partial charge on any atom is -0.313 e. The average molecular weight is 294 g/mol. The van der Waals surface area contributed by atoms with E-state index < -0.39 is 15.7 Å². The number of hydrogen-bond acceptors (Lipinski definition) is 3. The summed E-state index contributed by atoms with van der Waals surface area (Å²) in [4.78, 5) is 0. The molecule has 0 heterocycles. The van der Waals surface area contributed by atoms with Gasteiger partial charge in [0.15, 0.2) is 0 Å². The summed E-state index contributed by atoms with van der Waals surface area (Å²) in [5, 5.41) is 3.20. The summed E-state index contributed by atoms with van der Waals surface area (Å²) in [5.74, 6) is -0.0595. The van der Waals surface area contributed by atoms with Crippen LogP contribution in [0.25, 0.3) is 0 Å². The average Bonchev–Trinajstić information content (AvgIpc) is 2.33. The molecule has 1 rings (SSSR count). The van der Waals surface area contributed by atoms with Crippen molar-refractivity contribution in [2.75, 3.05) is 18.1 Å². The van der Waals surface area contributed by atoms with E-state index in [1.807, 2.05) is 0 Å². The fraction of sp³-hybridized carbons (Fsp3) is 0.500. The third-order valence-corrected chi connectivity index (χ3v) is 4.64. The maximum Gasteiger partial charge on any atom is 0.150 e. The zero-order valence-electron chi connectivity index (χ0n) is 10.2. The highest BCUT2D eigenvalue weighted by Gasteiger charge is 2.06. The summed E-state index contributed by atoms with van der Waals surface area (Å²) in [6.07, 6.45) is 0.575. The van der Waals surface area contributed by atoms with Gasteiger partial charge in [-0.2, -0.15) is 0 Å². The molecule has 0 bridgehead atoms. The molecule has 0 saturated heterocycles. The van der Waals surface area contributed by atoms with Crippen molar-refractivity contribution < 1.29 is 12.8 Å². The Morgan fingerprint density at radius 3 is 2.72 bits per heavy atom. The van der Waals surface area contributed by atoms with Crippen LogP contribution < -0.4 is 5.32 Å². The minimum absolute atomic E-state index is 0.0999. The van der Waals surface area contributed by atoms with Crippen LogP contribution in [0.1, 0.15) is 18.9 Å². The standard InChI is InChI=1S/C12H17ClFNO2S/c1-2-18(16,17)7-3-6-15-9-10-4-5-12(14)11(13)8-10/h4-5,8,15H,2-3,6-7,9H2,1H3. The highest BCUT2D eigenvalue weighted by molar-refractivity contribution is 7.91. The van der Waals surface area contributed by atoms with E-state index in [0.29, 0.717) is 19.5 Å². The molecule has 6 heteroatoms. The molecule has 0 atom stereocenters. The molecule has 0 spiro atoms. The number of nitrogens with one attached hydrogen (secondary N) is 1. The van der Waals surface area contributed by atoms with E-state index in [1.54, 1.807) is 19.1 Å². The van der Waals surface area contributed by atoms with Gasteiger partial charge >= 0.3 is 0 Å². The van der Waals surface area contributed by atoms with Crippen LogP contribution in [0.4, 0.5) is 4.39 Å². The van der Waals surface area contributed by atoms with Crippen LogP contribution in [0.2, 0.25) is 5.02 Å². The lowest BCUT2D eigenvalue weighted by molar-refractivity contribution is 0.589. The summed E-state index contributed by atoms with van der Waals surface area (Å²) in [5.41, 5.74) is 0.875. The first kappa shape index (κ1) is 15.4. The number of hydrogen-bond donors (Lipinski definition) is 1. The van der Waals surface area contributed by atoms with E-state index in [1.165, 1.54) is 6.07 Å². The van der Waals surface area contributed by atoms with Crippen molar-refractivity contribution in [3.8, 4) is 0 Å². The molecule has 0 aliphatic heterocycles. The Hall–Kier alpha value is -0.650. The monoisotopic (exact) mass is 293 g/mol. The molecule has 1 N–H and O–H groups in total. The van der Waals surface area contributed by atoms with Crippen LogP contribution in [0.5, 0.6) is 0 Å². The van der Waals surface area contributed by atoms with Gasteiger partial charge in [-0.25, -0.2) is 12.8 Å². The summed E-state index contributed by atoms with van der Waals surface area (Å²) in [7, 11) is -2.89. The molecule has 1 aromatic rings. The zero-order valence-corrected chi connectivity index (χ0v) is 11.8. The van der Waals surface area contributed by atoms with Crippen LogP contribution in [-0.4, -0.2) is 26.5 Å². The summed E-state index contributed by atoms with van der Waals surface area (Å²) >= 11 is 5.65. The van der Waals surface area contributed by atoms with E-state index in [2.05, 4.69) is 5.32 Å². The van der Waals surface area contributed by atoms with Crippen LogP contribution in [0, 0.1) is 5.82 Å². The summed E-state index contributed by atoms with van der Waals surface area (Å²) in [6, 6.07) is 4.53. The SMILES string of the molecule is CCS(=O)(=O)CCCNCc1ccc(F)c(Cl)c1. The number of halogens is 2. The lowest BCUT2D eigenvalue weighted by Crippen LogP contribution is -2.19. The Kier molecular flexibility index (Phi) is 6.05. The molecule has 0 amide bonds. The van der Waals surface area contributed by atoms with E-state index in [-0.39, 0.29) is 16.5 Å². The van der Waals surface area contributed by atoms with Gasteiger partial charge in [0.05, 0.1) is 10.8 Å². The lowest BCUT2D eigenvalue weighted by atomic mass is 10.2. The first-order chi connectivity index (χ1) is 8.44. The predicted octanol–water partition coefficient (Wildman–Crippen LogP) is 2.39. The smallest absolute Gasteiger partial charge is 0.150 e. The second-order valence-corrected chi connectivity index (χ2v) is 6.90. The van der Waals surface area contributed by atoms with E-state index in [9.17, 15) is 12.8 Å². The van der Waals surface area contributed by atoms with Crippen LogP contribution in [0.15, 0.2) is 18.2 Å².